The lowest BCUT2D eigenvalue weighted by Gasteiger charge is -2.07. The summed E-state index contributed by atoms with van der Waals surface area (Å²) in [4.78, 5) is 18.7. The smallest absolute Gasteiger partial charge is 0.275 e. The molecule has 0 saturated heterocycles. The molecule has 7 heteroatoms. The van der Waals surface area contributed by atoms with Crippen LogP contribution < -0.4 is 5.56 Å². The quantitative estimate of drug-likeness (QED) is 0.385. The molecule has 0 aliphatic rings. The predicted molar refractivity (Wildman–Crippen MR) is 127 cm³/mol. The highest BCUT2D eigenvalue weighted by Gasteiger charge is 2.12. The zero-order valence-corrected chi connectivity index (χ0v) is 18.6. The highest BCUT2D eigenvalue weighted by Crippen LogP contribution is 2.31. The minimum atomic E-state index is -0.0653. The highest BCUT2D eigenvalue weighted by atomic mass is 35.5. The Kier molecular flexibility index (Phi) is 4.96. The van der Waals surface area contributed by atoms with Crippen molar-refractivity contribution in [1.82, 2.24) is 19.7 Å². The summed E-state index contributed by atoms with van der Waals surface area (Å²) in [6.45, 7) is 4.04. The number of H-pyrrole nitrogens is 1. The molecule has 0 radical (unpaired) electrons. The molecule has 0 aliphatic heterocycles. The number of aromatic nitrogens is 4. The van der Waals surface area contributed by atoms with E-state index in [0.29, 0.717) is 15.2 Å². The molecule has 2 aromatic carbocycles. The molecule has 5 rings (SSSR count). The van der Waals surface area contributed by atoms with Crippen LogP contribution in [0.2, 0.25) is 5.02 Å². The Balaban J connectivity index is 1.48. The molecule has 0 aliphatic carbocycles. The number of hydrogen-bond acceptors (Lipinski definition) is 4. The van der Waals surface area contributed by atoms with Gasteiger partial charge in [0.15, 0.2) is 0 Å². The van der Waals surface area contributed by atoms with Gasteiger partial charge in [0.25, 0.3) is 5.56 Å². The first-order valence-corrected chi connectivity index (χ1v) is 11.1. The summed E-state index contributed by atoms with van der Waals surface area (Å²) in [5.74, 6) is 0. The van der Waals surface area contributed by atoms with Gasteiger partial charge in [-0.1, -0.05) is 35.9 Å². The van der Waals surface area contributed by atoms with Crippen LogP contribution in [0.5, 0.6) is 0 Å². The molecule has 5 aromatic rings. The SMILES string of the molecule is Cc1n[nH]c(C)c1Cc1ccc(-n2cnc3cc(-c4ccc(Cl)cc4)sc3c2=O)cc1. The minimum Gasteiger partial charge on any atom is -0.282 e. The first-order chi connectivity index (χ1) is 15.0. The van der Waals surface area contributed by atoms with Crippen molar-refractivity contribution in [2.45, 2.75) is 20.3 Å². The standard InChI is InChI=1S/C24H19ClN4OS/c1-14-20(15(2)28-27-14)11-16-3-9-19(10-4-16)29-13-26-21-12-22(31-23(21)24(29)30)17-5-7-18(25)8-6-17/h3-10,12-13H,11H2,1-2H3,(H,27,28). The van der Waals surface area contributed by atoms with Crippen molar-refractivity contribution in [2.24, 2.45) is 0 Å². The molecule has 0 saturated carbocycles. The molecule has 154 valence electrons. The van der Waals surface area contributed by atoms with Gasteiger partial charge in [-0.2, -0.15) is 5.10 Å². The van der Waals surface area contributed by atoms with Gasteiger partial charge in [-0.15, -0.1) is 11.3 Å². The maximum atomic E-state index is 13.2. The molecule has 31 heavy (non-hydrogen) atoms. The second-order valence-corrected chi connectivity index (χ2v) is 9.00. The largest absolute Gasteiger partial charge is 0.282 e. The zero-order chi connectivity index (χ0) is 21.5. The van der Waals surface area contributed by atoms with E-state index in [0.717, 1.165) is 33.9 Å². The van der Waals surface area contributed by atoms with Crippen LogP contribution in [-0.4, -0.2) is 19.7 Å². The van der Waals surface area contributed by atoms with Crippen LogP contribution in [0.15, 0.2) is 65.7 Å². The highest BCUT2D eigenvalue weighted by molar-refractivity contribution is 7.22. The third kappa shape index (κ3) is 3.69. The fraction of sp³-hybridized carbons (Fsp3) is 0.125. The Bertz CT molecular complexity index is 1430. The van der Waals surface area contributed by atoms with Crippen molar-refractivity contribution in [1.29, 1.82) is 0 Å². The van der Waals surface area contributed by atoms with E-state index in [-0.39, 0.29) is 5.56 Å². The van der Waals surface area contributed by atoms with Gasteiger partial charge < -0.3 is 0 Å². The average molecular weight is 447 g/mol. The van der Waals surface area contributed by atoms with E-state index in [1.165, 1.54) is 22.5 Å². The number of halogens is 1. The van der Waals surface area contributed by atoms with E-state index in [1.807, 2.05) is 68.4 Å². The monoisotopic (exact) mass is 446 g/mol. The fourth-order valence-electron chi connectivity index (χ4n) is 3.67. The van der Waals surface area contributed by atoms with Crippen LogP contribution >= 0.6 is 22.9 Å². The summed E-state index contributed by atoms with van der Waals surface area (Å²) in [6.07, 6.45) is 2.40. The lowest BCUT2D eigenvalue weighted by molar-refractivity contribution is 0.964. The Morgan fingerprint density at radius 2 is 1.81 bits per heavy atom. The van der Waals surface area contributed by atoms with Crippen LogP contribution in [0.1, 0.15) is 22.5 Å². The number of thiophene rings is 1. The van der Waals surface area contributed by atoms with Crippen LogP contribution in [0.25, 0.3) is 26.3 Å². The number of benzene rings is 2. The number of aromatic amines is 1. The predicted octanol–water partition coefficient (Wildman–Crippen LogP) is 5.70. The molecule has 3 aromatic heterocycles. The van der Waals surface area contributed by atoms with Gasteiger partial charge in [-0.3, -0.25) is 14.5 Å². The van der Waals surface area contributed by atoms with Gasteiger partial charge >= 0.3 is 0 Å². The Hall–Kier alpha value is -3.22. The first-order valence-electron chi connectivity index (χ1n) is 9.86. The van der Waals surface area contributed by atoms with E-state index in [1.54, 1.807) is 10.9 Å². The molecule has 1 N–H and O–H groups in total. The molecule has 0 amide bonds. The summed E-state index contributed by atoms with van der Waals surface area (Å²) < 4.78 is 2.24. The fourth-order valence-corrected chi connectivity index (χ4v) is 4.84. The number of nitrogens with one attached hydrogen (secondary N) is 1. The van der Waals surface area contributed by atoms with Gasteiger partial charge in [0.2, 0.25) is 0 Å². The summed E-state index contributed by atoms with van der Waals surface area (Å²) in [6, 6.07) is 17.6. The van der Waals surface area contributed by atoms with E-state index in [9.17, 15) is 4.79 Å². The number of aryl methyl sites for hydroxylation is 2. The third-order valence-electron chi connectivity index (χ3n) is 5.44. The molecule has 3 heterocycles. The lowest BCUT2D eigenvalue weighted by atomic mass is 10.0. The first kappa shape index (κ1) is 19.7. The van der Waals surface area contributed by atoms with Crippen LogP contribution in [0, 0.1) is 13.8 Å². The number of hydrogen-bond donors (Lipinski definition) is 1. The topological polar surface area (TPSA) is 63.6 Å². The average Bonchev–Trinajstić information content (AvgIpc) is 3.35. The van der Waals surface area contributed by atoms with Crippen molar-refractivity contribution in [3.05, 3.63) is 98.8 Å². The summed E-state index contributed by atoms with van der Waals surface area (Å²) in [7, 11) is 0. The summed E-state index contributed by atoms with van der Waals surface area (Å²) in [5.41, 5.74) is 6.94. The van der Waals surface area contributed by atoms with Crippen LogP contribution in [-0.2, 0) is 6.42 Å². The van der Waals surface area contributed by atoms with Gasteiger partial charge in [0, 0.05) is 27.6 Å². The molecule has 0 unspecified atom stereocenters. The minimum absolute atomic E-state index is 0.0653. The van der Waals surface area contributed by atoms with E-state index < -0.39 is 0 Å². The second kappa shape index (κ2) is 7.80. The molecule has 0 bridgehead atoms. The Morgan fingerprint density at radius 3 is 2.48 bits per heavy atom. The van der Waals surface area contributed by atoms with E-state index >= 15 is 0 Å². The molecular weight excluding hydrogens is 428 g/mol. The molecule has 5 nitrogen and oxygen atoms in total. The van der Waals surface area contributed by atoms with E-state index in [2.05, 4.69) is 15.2 Å². The summed E-state index contributed by atoms with van der Waals surface area (Å²) >= 11 is 7.44. The van der Waals surface area contributed by atoms with Crippen molar-refractivity contribution >= 4 is 33.2 Å². The van der Waals surface area contributed by atoms with Crippen molar-refractivity contribution in [2.75, 3.05) is 0 Å². The van der Waals surface area contributed by atoms with Crippen molar-refractivity contribution < 1.29 is 0 Å². The van der Waals surface area contributed by atoms with Gasteiger partial charge in [0.05, 0.1) is 16.9 Å². The van der Waals surface area contributed by atoms with Crippen LogP contribution in [0.4, 0.5) is 0 Å². The van der Waals surface area contributed by atoms with Crippen molar-refractivity contribution in [3.8, 4) is 16.1 Å². The zero-order valence-electron chi connectivity index (χ0n) is 17.0. The molecular formula is C24H19ClN4OS. The maximum Gasteiger partial charge on any atom is 0.275 e. The number of rotatable bonds is 4. The molecule has 0 atom stereocenters. The van der Waals surface area contributed by atoms with Gasteiger partial charge in [0.1, 0.15) is 11.0 Å². The van der Waals surface area contributed by atoms with Crippen LogP contribution in [0.3, 0.4) is 0 Å². The number of nitrogens with zero attached hydrogens (tertiary/aromatic N) is 3. The Labute approximate surface area is 188 Å². The third-order valence-corrected chi connectivity index (χ3v) is 6.86. The Morgan fingerprint density at radius 1 is 1.06 bits per heavy atom. The lowest BCUT2D eigenvalue weighted by Crippen LogP contribution is -2.17. The van der Waals surface area contributed by atoms with Gasteiger partial charge in [-0.05, 0) is 55.3 Å². The molecule has 0 fully saturated rings. The maximum absolute atomic E-state index is 13.2. The van der Waals surface area contributed by atoms with Gasteiger partial charge in [-0.25, -0.2) is 4.98 Å². The molecule has 0 spiro atoms. The number of fused-ring (bicyclic) bond motifs is 1. The second-order valence-electron chi connectivity index (χ2n) is 7.51. The van der Waals surface area contributed by atoms with Crippen molar-refractivity contribution in [3.63, 3.8) is 0 Å². The summed E-state index contributed by atoms with van der Waals surface area (Å²) in [5, 5.41) is 7.98. The van der Waals surface area contributed by atoms with E-state index in [4.69, 9.17) is 11.6 Å². The normalized spacial score (nSPS) is 11.3.